The Kier molecular flexibility index (Phi) is 2.60. The van der Waals surface area contributed by atoms with Crippen LogP contribution in [0.2, 0.25) is 0 Å². The van der Waals surface area contributed by atoms with E-state index in [1.54, 1.807) is 0 Å². The van der Waals surface area contributed by atoms with Crippen LogP contribution in [0.1, 0.15) is 13.8 Å². The van der Waals surface area contributed by atoms with E-state index in [1.807, 2.05) is 18.7 Å². The minimum atomic E-state index is 0.703. The van der Waals surface area contributed by atoms with Gasteiger partial charge in [-0.15, -0.1) is 0 Å². The quantitative estimate of drug-likeness (QED) is 0.426. The maximum atomic E-state index is 7.40. The Balaban J connectivity index is 2.39. The smallest absolute Gasteiger partial charge is 0.0926 e. The van der Waals surface area contributed by atoms with Gasteiger partial charge in [-0.2, -0.15) is 11.8 Å². The molecular formula is C7H14N2S. The molecule has 1 N–H and O–H groups in total. The minimum absolute atomic E-state index is 0.703. The molecule has 0 aromatic rings. The summed E-state index contributed by atoms with van der Waals surface area (Å²) in [6.07, 6.45) is 0. The molecule has 1 heterocycles. The van der Waals surface area contributed by atoms with E-state index in [9.17, 15) is 0 Å². The van der Waals surface area contributed by atoms with Crippen molar-refractivity contribution < 1.29 is 0 Å². The molecule has 1 fully saturated rings. The average molecular weight is 158 g/mol. The van der Waals surface area contributed by atoms with Gasteiger partial charge < -0.3 is 4.90 Å². The lowest BCUT2D eigenvalue weighted by atomic mass is 10.4. The third-order valence-electron chi connectivity index (χ3n) is 1.72. The van der Waals surface area contributed by atoms with Gasteiger partial charge in [-0.05, 0) is 6.92 Å². The molecule has 1 aliphatic heterocycles. The van der Waals surface area contributed by atoms with Gasteiger partial charge in [0.25, 0.3) is 0 Å². The summed E-state index contributed by atoms with van der Waals surface area (Å²) in [5.74, 6) is 1.89. The summed E-state index contributed by atoms with van der Waals surface area (Å²) in [4.78, 5) is 2.14. The molecule has 0 aromatic heterocycles. The Labute approximate surface area is 66.5 Å². The first kappa shape index (κ1) is 7.92. The fraction of sp³-hybridized carbons (Fsp3) is 0.857. The van der Waals surface area contributed by atoms with E-state index >= 15 is 0 Å². The second-order valence-electron chi connectivity index (χ2n) is 2.71. The SMILES string of the molecule is CC(=N)N1CCSC(C)C1. The first-order chi connectivity index (χ1) is 4.70. The van der Waals surface area contributed by atoms with Gasteiger partial charge in [-0.3, -0.25) is 5.41 Å². The van der Waals surface area contributed by atoms with Crippen molar-refractivity contribution in [2.24, 2.45) is 0 Å². The molecule has 1 rings (SSSR count). The molecule has 0 aromatic carbocycles. The number of hydrogen-bond donors (Lipinski definition) is 1. The summed E-state index contributed by atoms with van der Waals surface area (Å²) >= 11 is 2.00. The number of rotatable bonds is 0. The van der Waals surface area contributed by atoms with Crippen molar-refractivity contribution in [1.29, 1.82) is 5.41 Å². The zero-order valence-corrected chi connectivity index (χ0v) is 7.37. The number of thioether (sulfide) groups is 1. The van der Waals surface area contributed by atoms with E-state index in [4.69, 9.17) is 5.41 Å². The molecule has 0 radical (unpaired) electrons. The third kappa shape index (κ3) is 1.90. The van der Waals surface area contributed by atoms with Crippen LogP contribution in [0.15, 0.2) is 0 Å². The van der Waals surface area contributed by atoms with Crippen LogP contribution < -0.4 is 0 Å². The number of amidine groups is 1. The molecule has 58 valence electrons. The molecule has 2 nitrogen and oxygen atoms in total. The van der Waals surface area contributed by atoms with Crippen molar-refractivity contribution in [2.45, 2.75) is 19.1 Å². The Bertz CT molecular complexity index is 136. The first-order valence-corrected chi connectivity index (χ1v) is 4.66. The van der Waals surface area contributed by atoms with Crippen molar-refractivity contribution in [3.63, 3.8) is 0 Å². The van der Waals surface area contributed by atoms with E-state index in [1.165, 1.54) is 5.75 Å². The standard InChI is InChI=1S/C7H14N2S/c1-6-5-9(7(2)8)3-4-10-6/h6,8H,3-5H2,1-2H3. The highest BCUT2D eigenvalue weighted by Crippen LogP contribution is 2.17. The highest BCUT2D eigenvalue weighted by molar-refractivity contribution is 7.99. The number of hydrogen-bond acceptors (Lipinski definition) is 2. The molecule has 0 bridgehead atoms. The fourth-order valence-corrected chi connectivity index (χ4v) is 2.14. The van der Waals surface area contributed by atoms with Crippen molar-refractivity contribution in [1.82, 2.24) is 4.90 Å². The molecule has 3 heteroatoms. The monoisotopic (exact) mass is 158 g/mol. The van der Waals surface area contributed by atoms with Crippen LogP contribution in [-0.4, -0.2) is 34.8 Å². The van der Waals surface area contributed by atoms with E-state index < -0.39 is 0 Å². The van der Waals surface area contributed by atoms with Gasteiger partial charge in [0.2, 0.25) is 0 Å². The Morgan fingerprint density at radius 2 is 2.40 bits per heavy atom. The topological polar surface area (TPSA) is 27.1 Å². The molecule has 1 aliphatic rings. The summed E-state index contributed by atoms with van der Waals surface area (Å²) < 4.78 is 0. The van der Waals surface area contributed by atoms with E-state index in [0.717, 1.165) is 13.1 Å². The van der Waals surface area contributed by atoms with Crippen LogP contribution in [0.3, 0.4) is 0 Å². The summed E-state index contributed by atoms with van der Waals surface area (Å²) in [6.45, 7) is 6.20. The fourth-order valence-electron chi connectivity index (χ4n) is 1.12. The van der Waals surface area contributed by atoms with Crippen LogP contribution in [-0.2, 0) is 0 Å². The third-order valence-corrected chi connectivity index (χ3v) is 2.85. The van der Waals surface area contributed by atoms with Gasteiger partial charge in [0.1, 0.15) is 0 Å². The molecule has 0 saturated carbocycles. The van der Waals surface area contributed by atoms with Crippen LogP contribution in [0.5, 0.6) is 0 Å². The normalized spacial score (nSPS) is 26.6. The largest absolute Gasteiger partial charge is 0.359 e. The van der Waals surface area contributed by atoms with Gasteiger partial charge in [-0.25, -0.2) is 0 Å². The molecule has 1 saturated heterocycles. The molecule has 0 amide bonds. The zero-order chi connectivity index (χ0) is 7.56. The highest BCUT2D eigenvalue weighted by Gasteiger charge is 2.15. The molecule has 1 atom stereocenters. The van der Waals surface area contributed by atoms with Crippen LogP contribution >= 0.6 is 11.8 Å². The van der Waals surface area contributed by atoms with E-state index in [0.29, 0.717) is 11.1 Å². The highest BCUT2D eigenvalue weighted by atomic mass is 32.2. The van der Waals surface area contributed by atoms with Crippen molar-refractivity contribution in [3.05, 3.63) is 0 Å². The summed E-state index contributed by atoms with van der Waals surface area (Å²) in [5, 5.41) is 8.10. The number of nitrogens with zero attached hydrogens (tertiary/aromatic N) is 1. The van der Waals surface area contributed by atoms with Gasteiger partial charge >= 0.3 is 0 Å². The maximum Gasteiger partial charge on any atom is 0.0926 e. The van der Waals surface area contributed by atoms with E-state index in [2.05, 4.69) is 11.8 Å². The van der Waals surface area contributed by atoms with Gasteiger partial charge in [0, 0.05) is 24.1 Å². The minimum Gasteiger partial charge on any atom is -0.359 e. The van der Waals surface area contributed by atoms with Crippen LogP contribution in [0.4, 0.5) is 0 Å². The van der Waals surface area contributed by atoms with Crippen molar-refractivity contribution >= 4 is 17.6 Å². The second kappa shape index (κ2) is 3.28. The Hall–Kier alpha value is -0.180. The molecule has 0 aliphatic carbocycles. The van der Waals surface area contributed by atoms with Crippen LogP contribution in [0, 0.1) is 5.41 Å². The van der Waals surface area contributed by atoms with Crippen LogP contribution in [0.25, 0.3) is 0 Å². The van der Waals surface area contributed by atoms with E-state index in [-0.39, 0.29) is 0 Å². The lowest BCUT2D eigenvalue weighted by molar-refractivity contribution is 0.430. The molecule has 10 heavy (non-hydrogen) atoms. The average Bonchev–Trinajstić information content (AvgIpc) is 1.88. The van der Waals surface area contributed by atoms with Gasteiger partial charge in [0.15, 0.2) is 0 Å². The van der Waals surface area contributed by atoms with Crippen molar-refractivity contribution in [2.75, 3.05) is 18.8 Å². The summed E-state index contributed by atoms with van der Waals surface area (Å²) in [6, 6.07) is 0. The molecular weight excluding hydrogens is 144 g/mol. The Morgan fingerprint density at radius 1 is 1.70 bits per heavy atom. The predicted octanol–water partition coefficient (Wildman–Crippen LogP) is 1.42. The summed E-state index contributed by atoms with van der Waals surface area (Å²) in [5.41, 5.74) is 0. The predicted molar refractivity (Wildman–Crippen MR) is 46.9 cm³/mol. The van der Waals surface area contributed by atoms with Gasteiger partial charge in [-0.1, -0.05) is 6.92 Å². The summed E-state index contributed by atoms with van der Waals surface area (Å²) in [7, 11) is 0. The Morgan fingerprint density at radius 3 is 2.80 bits per heavy atom. The number of nitrogens with one attached hydrogen (secondary N) is 1. The second-order valence-corrected chi connectivity index (χ2v) is 4.26. The first-order valence-electron chi connectivity index (χ1n) is 3.62. The molecule has 1 unspecified atom stereocenters. The maximum absolute atomic E-state index is 7.40. The lowest BCUT2D eigenvalue weighted by Gasteiger charge is -2.31. The van der Waals surface area contributed by atoms with Gasteiger partial charge in [0.05, 0.1) is 5.84 Å². The van der Waals surface area contributed by atoms with Crippen molar-refractivity contribution in [3.8, 4) is 0 Å². The zero-order valence-electron chi connectivity index (χ0n) is 6.55. The lowest BCUT2D eigenvalue weighted by Crippen LogP contribution is -2.39. The molecule has 0 spiro atoms.